The van der Waals surface area contributed by atoms with Gasteiger partial charge in [0.15, 0.2) is 9.88 Å². The van der Waals surface area contributed by atoms with Gasteiger partial charge in [0.2, 0.25) is 10.0 Å². The molecule has 2 aliphatic heterocycles. The van der Waals surface area contributed by atoms with Gasteiger partial charge < -0.3 is 9.64 Å². The van der Waals surface area contributed by atoms with Crippen LogP contribution in [0.5, 0.6) is 0 Å². The highest BCUT2D eigenvalue weighted by Gasteiger charge is 2.54. The van der Waals surface area contributed by atoms with E-state index in [1.165, 1.54) is 9.87 Å². The summed E-state index contributed by atoms with van der Waals surface area (Å²) in [6, 6.07) is 8.49. The molecule has 0 radical (unpaired) electrons. The second kappa shape index (κ2) is 9.67. The molecule has 2 aliphatic rings. The van der Waals surface area contributed by atoms with Crippen LogP contribution in [0.25, 0.3) is 10.4 Å². The van der Waals surface area contributed by atoms with Crippen molar-refractivity contribution in [3.8, 4) is 10.4 Å². The number of nitrogens with zero attached hydrogens (tertiary/aromatic N) is 3. The molecule has 2 aromatic rings. The lowest BCUT2D eigenvalue weighted by atomic mass is 9.98. The predicted molar refractivity (Wildman–Crippen MR) is 127 cm³/mol. The van der Waals surface area contributed by atoms with Crippen LogP contribution in [0.15, 0.2) is 30.5 Å². The van der Waals surface area contributed by atoms with E-state index in [1.807, 2.05) is 6.20 Å². The van der Waals surface area contributed by atoms with Crippen LogP contribution in [-0.2, 0) is 19.6 Å². The third kappa shape index (κ3) is 4.52. The summed E-state index contributed by atoms with van der Waals surface area (Å²) < 4.78 is 31.8. The molecule has 11 heteroatoms. The number of hydroxylamine groups is 1. The molecule has 0 aliphatic carbocycles. The number of thiazole rings is 1. The Balaban J connectivity index is 1.45. The highest BCUT2D eigenvalue weighted by molar-refractivity contribution is 7.91. The summed E-state index contributed by atoms with van der Waals surface area (Å²) in [7, 11) is -3.98. The van der Waals surface area contributed by atoms with Crippen LogP contribution in [-0.4, -0.2) is 73.0 Å². The minimum absolute atomic E-state index is 0.0212. The molecule has 1 aromatic carbocycles. The maximum absolute atomic E-state index is 13.4. The summed E-state index contributed by atoms with van der Waals surface area (Å²) >= 11 is 1.58. The van der Waals surface area contributed by atoms with Crippen molar-refractivity contribution >= 4 is 32.4 Å². The van der Waals surface area contributed by atoms with Crippen LogP contribution < -0.4 is 10.4 Å². The molecule has 2 N–H and O–H groups in total. The zero-order valence-electron chi connectivity index (χ0n) is 18.9. The van der Waals surface area contributed by atoms with Gasteiger partial charge in [-0.25, -0.2) is 18.9 Å². The van der Waals surface area contributed by atoms with Crippen molar-refractivity contribution in [2.24, 2.45) is 0 Å². The number of amides is 1. The monoisotopic (exact) mass is 494 g/mol. The highest BCUT2D eigenvalue weighted by Crippen LogP contribution is 2.35. The number of carbonyl (C=O) groups is 1. The average Bonchev–Trinajstić information content (AvgIpc) is 3.34. The van der Waals surface area contributed by atoms with Crippen LogP contribution in [0.1, 0.15) is 38.2 Å². The summed E-state index contributed by atoms with van der Waals surface area (Å²) in [6.45, 7) is 6.11. The standard InChI is InChI=1S/C22H30N4O5S2/c1-16(2)17-3-5-18(6-4-17)19-15-23-21(32-19)25-9-11-26(12-10-25)33(29,30)22(20(27)24-28)7-13-31-14-8-22/h3-6,15-16,28H,7-14H2,1-2H3,(H,24,27). The van der Waals surface area contributed by atoms with E-state index in [0.29, 0.717) is 19.0 Å². The summed E-state index contributed by atoms with van der Waals surface area (Å²) in [5.74, 6) is -0.409. The molecule has 2 fully saturated rings. The van der Waals surface area contributed by atoms with Crippen molar-refractivity contribution in [3.05, 3.63) is 36.0 Å². The van der Waals surface area contributed by atoms with Gasteiger partial charge >= 0.3 is 0 Å². The number of aromatic nitrogens is 1. The number of carbonyl (C=O) groups excluding carboxylic acids is 1. The van der Waals surface area contributed by atoms with Crippen molar-refractivity contribution in [2.45, 2.75) is 37.4 Å². The van der Waals surface area contributed by atoms with Crippen molar-refractivity contribution in [1.29, 1.82) is 0 Å². The molecule has 2 saturated heterocycles. The lowest BCUT2D eigenvalue weighted by molar-refractivity contribution is -0.134. The van der Waals surface area contributed by atoms with Gasteiger partial charge in [0, 0.05) is 58.4 Å². The van der Waals surface area contributed by atoms with Gasteiger partial charge in [-0.2, -0.15) is 4.31 Å². The first-order chi connectivity index (χ1) is 15.8. The van der Waals surface area contributed by atoms with Gasteiger partial charge in [0.25, 0.3) is 5.91 Å². The Bertz CT molecular complexity index is 1070. The first-order valence-corrected chi connectivity index (χ1v) is 13.4. The second-order valence-electron chi connectivity index (χ2n) is 8.72. The van der Waals surface area contributed by atoms with Gasteiger partial charge in [-0.3, -0.25) is 10.0 Å². The third-order valence-electron chi connectivity index (χ3n) is 6.51. The number of benzene rings is 1. The topological polar surface area (TPSA) is 112 Å². The normalized spacial score (nSPS) is 19.6. The number of anilines is 1. The maximum Gasteiger partial charge on any atom is 0.266 e. The molecular weight excluding hydrogens is 464 g/mol. The smallest absolute Gasteiger partial charge is 0.266 e. The van der Waals surface area contributed by atoms with Gasteiger partial charge in [0.05, 0.1) is 4.88 Å². The van der Waals surface area contributed by atoms with E-state index >= 15 is 0 Å². The summed E-state index contributed by atoms with van der Waals surface area (Å²) in [5.41, 5.74) is 3.97. The molecule has 0 atom stereocenters. The highest BCUT2D eigenvalue weighted by atomic mass is 32.2. The van der Waals surface area contributed by atoms with Crippen molar-refractivity contribution < 1.29 is 23.2 Å². The van der Waals surface area contributed by atoms with E-state index in [2.05, 4.69) is 48.0 Å². The Morgan fingerprint density at radius 3 is 2.36 bits per heavy atom. The summed E-state index contributed by atoms with van der Waals surface area (Å²) in [5, 5.41) is 10.1. The third-order valence-corrected chi connectivity index (χ3v) is 10.2. The van der Waals surface area contributed by atoms with E-state index in [9.17, 15) is 18.4 Å². The molecule has 0 spiro atoms. The Morgan fingerprint density at radius 1 is 1.15 bits per heavy atom. The predicted octanol–water partition coefficient (Wildman–Crippen LogP) is 2.44. The Hall–Kier alpha value is -2.05. The van der Waals surface area contributed by atoms with Crippen LogP contribution in [0, 0.1) is 0 Å². The molecule has 0 bridgehead atoms. The Labute approximate surface area is 198 Å². The fourth-order valence-electron chi connectivity index (χ4n) is 4.35. The molecule has 0 unspecified atom stereocenters. The average molecular weight is 495 g/mol. The molecular formula is C22H30N4O5S2. The van der Waals surface area contributed by atoms with Crippen LogP contribution >= 0.6 is 11.3 Å². The molecule has 9 nitrogen and oxygen atoms in total. The largest absolute Gasteiger partial charge is 0.381 e. The number of hydrogen-bond donors (Lipinski definition) is 2. The van der Waals surface area contributed by atoms with Crippen LogP contribution in [0.3, 0.4) is 0 Å². The number of sulfonamides is 1. The van der Waals surface area contributed by atoms with E-state index in [4.69, 9.17) is 4.74 Å². The Morgan fingerprint density at radius 2 is 1.79 bits per heavy atom. The number of rotatable bonds is 6. The molecule has 180 valence electrons. The quantitative estimate of drug-likeness (QED) is 0.469. The lowest BCUT2D eigenvalue weighted by Crippen LogP contribution is -2.62. The summed E-state index contributed by atoms with van der Waals surface area (Å²) in [4.78, 5) is 20.1. The molecule has 0 saturated carbocycles. The SMILES string of the molecule is CC(C)c1ccc(-c2cnc(N3CCN(S(=O)(=O)C4(C(=O)NO)CCOCC4)CC3)s2)cc1. The Kier molecular flexibility index (Phi) is 7.06. The molecule has 33 heavy (non-hydrogen) atoms. The number of nitrogens with one attached hydrogen (secondary N) is 1. The zero-order chi connectivity index (χ0) is 23.6. The van der Waals surface area contributed by atoms with E-state index < -0.39 is 20.7 Å². The molecule has 1 aromatic heterocycles. The molecule has 3 heterocycles. The van der Waals surface area contributed by atoms with Crippen molar-refractivity contribution in [3.63, 3.8) is 0 Å². The van der Waals surface area contributed by atoms with Crippen molar-refractivity contribution in [2.75, 3.05) is 44.3 Å². The van der Waals surface area contributed by atoms with Gasteiger partial charge in [0.1, 0.15) is 0 Å². The number of piperazine rings is 1. The van der Waals surface area contributed by atoms with E-state index in [1.54, 1.807) is 16.8 Å². The minimum Gasteiger partial charge on any atom is -0.381 e. The first kappa shape index (κ1) is 24.1. The van der Waals surface area contributed by atoms with E-state index in [0.717, 1.165) is 15.6 Å². The maximum atomic E-state index is 13.4. The fraction of sp³-hybridized carbons (Fsp3) is 0.545. The van der Waals surface area contributed by atoms with Crippen molar-refractivity contribution in [1.82, 2.24) is 14.8 Å². The van der Waals surface area contributed by atoms with Gasteiger partial charge in [-0.1, -0.05) is 49.4 Å². The van der Waals surface area contributed by atoms with Crippen LogP contribution in [0.2, 0.25) is 0 Å². The number of ether oxygens (including phenoxy) is 1. The fourth-order valence-corrected chi connectivity index (χ4v) is 7.42. The lowest BCUT2D eigenvalue weighted by Gasteiger charge is -2.41. The van der Waals surface area contributed by atoms with Gasteiger partial charge in [-0.15, -0.1) is 0 Å². The van der Waals surface area contributed by atoms with Crippen LogP contribution in [0.4, 0.5) is 5.13 Å². The molecule has 1 amide bonds. The number of hydrogen-bond acceptors (Lipinski definition) is 8. The van der Waals surface area contributed by atoms with Gasteiger partial charge in [-0.05, 0) is 17.0 Å². The zero-order valence-corrected chi connectivity index (χ0v) is 20.5. The first-order valence-electron chi connectivity index (χ1n) is 11.1. The summed E-state index contributed by atoms with van der Waals surface area (Å²) in [6.07, 6.45) is 1.90. The van der Waals surface area contributed by atoms with E-state index in [-0.39, 0.29) is 39.1 Å². The minimum atomic E-state index is -3.98. The second-order valence-corrected chi connectivity index (χ2v) is 12.0. The molecule has 4 rings (SSSR count).